The predicted molar refractivity (Wildman–Crippen MR) is 98.8 cm³/mol. The number of ether oxygens (including phenoxy) is 1. The summed E-state index contributed by atoms with van der Waals surface area (Å²) in [4.78, 5) is 29.0. The second kappa shape index (κ2) is 7.39. The zero-order chi connectivity index (χ0) is 18.7. The van der Waals surface area contributed by atoms with Gasteiger partial charge in [-0.3, -0.25) is 9.59 Å². The van der Waals surface area contributed by atoms with Crippen LogP contribution in [0.2, 0.25) is 0 Å². The highest BCUT2D eigenvalue weighted by atomic mass is 16.5. The van der Waals surface area contributed by atoms with Gasteiger partial charge in [0.2, 0.25) is 0 Å². The van der Waals surface area contributed by atoms with Crippen LogP contribution in [0, 0.1) is 6.92 Å². The summed E-state index contributed by atoms with van der Waals surface area (Å²) in [6.07, 6.45) is 0. The van der Waals surface area contributed by atoms with Crippen LogP contribution in [0.5, 0.6) is 0 Å². The van der Waals surface area contributed by atoms with Gasteiger partial charge >= 0.3 is 5.97 Å². The minimum absolute atomic E-state index is 0.0387. The molecule has 0 saturated heterocycles. The van der Waals surface area contributed by atoms with E-state index < -0.39 is 0 Å². The number of esters is 1. The van der Waals surface area contributed by atoms with Gasteiger partial charge in [0.15, 0.2) is 0 Å². The topological polar surface area (TPSA) is 73.2 Å². The number of aromatic nitrogens is 2. The lowest BCUT2D eigenvalue weighted by Gasteiger charge is -2.16. The number of carbonyl (C=O) groups excluding carboxylic acids is 2. The summed E-state index contributed by atoms with van der Waals surface area (Å²) in [6.45, 7) is 3.83. The maximum absolute atomic E-state index is 12.5. The van der Waals surface area contributed by atoms with Crippen molar-refractivity contribution in [2.45, 2.75) is 26.4 Å². The molecule has 3 rings (SSSR count). The van der Waals surface area contributed by atoms with E-state index in [4.69, 9.17) is 4.74 Å². The molecule has 0 radical (unpaired) electrons. The van der Waals surface area contributed by atoms with Crippen LogP contribution in [0.4, 0.5) is 0 Å². The number of fused-ring (bicyclic) bond motifs is 1. The molecule has 0 aliphatic rings. The normalized spacial score (nSPS) is 12.0. The lowest BCUT2D eigenvalue weighted by molar-refractivity contribution is -0.141. The molecule has 2 aromatic carbocycles. The Kier molecular flexibility index (Phi) is 5.02. The molecule has 6 nitrogen and oxygen atoms in total. The van der Waals surface area contributed by atoms with Crippen molar-refractivity contribution < 1.29 is 14.3 Å². The van der Waals surface area contributed by atoms with E-state index in [9.17, 15) is 9.59 Å². The van der Waals surface area contributed by atoms with E-state index in [1.54, 1.807) is 10.6 Å². The number of nitrogens with zero attached hydrogens (tertiary/aromatic N) is 2. The Morgan fingerprint density at radius 2 is 1.96 bits per heavy atom. The minimum Gasteiger partial charge on any atom is -0.468 e. The first-order chi connectivity index (χ1) is 12.5. The first kappa shape index (κ1) is 17.7. The highest BCUT2D eigenvalue weighted by Crippen LogP contribution is 2.21. The fraction of sp³-hybridized carbons (Fsp3) is 0.250. The predicted octanol–water partition coefficient (Wildman–Crippen LogP) is 3.01. The molecule has 0 aliphatic heterocycles. The maximum Gasteiger partial charge on any atom is 0.325 e. The molecule has 0 aliphatic carbocycles. The molecule has 1 amide bonds. The van der Waals surface area contributed by atoms with Crippen molar-refractivity contribution in [3.8, 4) is 0 Å². The highest BCUT2D eigenvalue weighted by Gasteiger charge is 2.20. The van der Waals surface area contributed by atoms with E-state index in [2.05, 4.69) is 10.3 Å². The van der Waals surface area contributed by atoms with Crippen LogP contribution in [-0.4, -0.2) is 28.5 Å². The van der Waals surface area contributed by atoms with E-state index in [0.717, 1.165) is 16.6 Å². The SMILES string of the molecule is COC(=O)Cn1c(C(C)NC(=O)c2cccc(C)c2)nc2ccccc21. The minimum atomic E-state index is -0.375. The summed E-state index contributed by atoms with van der Waals surface area (Å²) in [6, 6.07) is 14.6. The number of rotatable bonds is 5. The van der Waals surface area contributed by atoms with Crippen molar-refractivity contribution in [3.63, 3.8) is 0 Å². The third kappa shape index (κ3) is 3.59. The largest absolute Gasteiger partial charge is 0.468 e. The summed E-state index contributed by atoms with van der Waals surface area (Å²) in [5.41, 5.74) is 3.20. The summed E-state index contributed by atoms with van der Waals surface area (Å²) < 4.78 is 6.58. The van der Waals surface area contributed by atoms with Crippen LogP contribution in [0.15, 0.2) is 48.5 Å². The van der Waals surface area contributed by atoms with Gasteiger partial charge in [0.05, 0.1) is 24.2 Å². The fourth-order valence-electron chi connectivity index (χ4n) is 2.92. The van der Waals surface area contributed by atoms with Crippen molar-refractivity contribution >= 4 is 22.9 Å². The average Bonchev–Trinajstić information content (AvgIpc) is 3.00. The highest BCUT2D eigenvalue weighted by molar-refractivity contribution is 5.94. The molecule has 0 spiro atoms. The maximum atomic E-state index is 12.5. The molecule has 26 heavy (non-hydrogen) atoms. The van der Waals surface area contributed by atoms with Crippen molar-refractivity contribution in [3.05, 3.63) is 65.5 Å². The molecular weight excluding hydrogens is 330 g/mol. The lowest BCUT2D eigenvalue weighted by Crippen LogP contribution is -2.29. The molecule has 0 bridgehead atoms. The molecule has 0 fully saturated rings. The van der Waals surface area contributed by atoms with Crippen LogP contribution >= 0.6 is 0 Å². The number of imidazole rings is 1. The Morgan fingerprint density at radius 3 is 2.69 bits per heavy atom. The summed E-state index contributed by atoms with van der Waals surface area (Å²) in [7, 11) is 1.35. The number of carbonyl (C=O) groups is 2. The molecule has 0 saturated carbocycles. The zero-order valence-corrected chi connectivity index (χ0v) is 15.0. The third-order valence-electron chi connectivity index (χ3n) is 4.21. The number of benzene rings is 2. The quantitative estimate of drug-likeness (QED) is 0.717. The molecule has 1 N–H and O–H groups in total. The van der Waals surface area contributed by atoms with Crippen LogP contribution in [0.3, 0.4) is 0 Å². The monoisotopic (exact) mass is 351 g/mol. The van der Waals surface area contributed by atoms with Crippen molar-refractivity contribution in [2.24, 2.45) is 0 Å². The van der Waals surface area contributed by atoms with Gasteiger partial charge in [0, 0.05) is 5.56 Å². The Hall–Kier alpha value is -3.15. The number of nitrogens with one attached hydrogen (secondary N) is 1. The van der Waals surface area contributed by atoms with Crippen LogP contribution in [0.25, 0.3) is 11.0 Å². The molecule has 6 heteroatoms. The molecular formula is C20H21N3O3. The summed E-state index contributed by atoms with van der Waals surface area (Å²) >= 11 is 0. The van der Waals surface area contributed by atoms with Gasteiger partial charge in [-0.2, -0.15) is 0 Å². The van der Waals surface area contributed by atoms with Crippen LogP contribution in [-0.2, 0) is 16.1 Å². The molecule has 134 valence electrons. The van der Waals surface area contributed by atoms with E-state index in [-0.39, 0.29) is 24.5 Å². The van der Waals surface area contributed by atoms with Gasteiger partial charge < -0.3 is 14.6 Å². The second-order valence-electron chi connectivity index (χ2n) is 6.19. The van der Waals surface area contributed by atoms with Crippen molar-refractivity contribution in [2.75, 3.05) is 7.11 Å². The van der Waals surface area contributed by atoms with Crippen LogP contribution in [0.1, 0.15) is 34.7 Å². The Bertz CT molecular complexity index is 962. The van der Waals surface area contributed by atoms with Gasteiger partial charge in [0.1, 0.15) is 12.4 Å². The molecule has 3 aromatic rings. The van der Waals surface area contributed by atoms with E-state index in [1.165, 1.54) is 7.11 Å². The number of aryl methyl sites for hydroxylation is 1. The average molecular weight is 351 g/mol. The van der Waals surface area contributed by atoms with E-state index in [1.807, 2.05) is 56.3 Å². The van der Waals surface area contributed by atoms with Gasteiger partial charge in [-0.05, 0) is 38.1 Å². The molecule has 1 unspecified atom stereocenters. The molecule has 1 aromatic heterocycles. The number of methoxy groups -OCH3 is 1. The van der Waals surface area contributed by atoms with Gasteiger partial charge in [-0.1, -0.05) is 29.8 Å². The Morgan fingerprint density at radius 1 is 1.19 bits per heavy atom. The van der Waals surface area contributed by atoms with Gasteiger partial charge in [-0.15, -0.1) is 0 Å². The first-order valence-corrected chi connectivity index (χ1v) is 8.39. The molecule has 1 heterocycles. The van der Waals surface area contributed by atoms with Crippen molar-refractivity contribution in [1.29, 1.82) is 0 Å². The fourth-order valence-corrected chi connectivity index (χ4v) is 2.92. The van der Waals surface area contributed by atoms with Crippen molar-refractivity contribution in [1.82, 2.24) is 14.9 Å². The number of amides is 1. The lowest BCUT2D eigenvalue weighted by atomic mass is 10.1. The Balaban J connectivity index is 1.92. The third-order valence-corrected chi connectivity index (χ3v) is 4.21. The first-order valence-electron chi connectivity index (χ1n) is 8.39. The number of hydrogen-bond acceptors (Lipinski definition) is 4. The van der Waals surface area contributed by atoms with Crippen LogP contribution < -0.4 is 5.32 Å². The Labute approximate surface area is 151 Å². The number of hydrogen-bond donors (Lipinski definition) is 1. The summed E-state index contributed by atoms with van der Waals surface area (Å²) in [5.74, 6) is 0.0575. The van der Waals surface area contributed by atoms with Gasteiger partial charge in [0.25, 0.3) is 5.91 Å². The smallest absolute Gasteiger partial charge is 0.325 e. The zero-order valence-electron chi connectivity index (χ0n) is 15.0. The van der Waals surface area contributed by atoms with E-state index >= 15 is 0 Å². The standard InChI is InChI=1S/C20H21N3O3/c1-13-7-6-8-15(11-13)20(25)21-14(2)19-22-16-9-4-5-10-17(16)23(19)12-18(24)26-3/h4-11,14H,12H2,1-3H3,(H,21,25). The number of para-hydroxylation sites is 2. The van der Waals surface area contributed by atoms with E-state index in [0.29, 0.717) is 11.4 Å². The van der Waals surface area contributed by atoms with Gasteiger partial charge in [-0.25, -0.2) is 4.98 Å². The summed E-state index contributed by atoms with van der Waals surface area (Å²) in [5, 5.41) is 2.96. The second-order valence-corrected chi connectivity index (χ2v) is 6.19. The molecule has 1 atom stereocenters.